The van der Waals surface area contributed by atoms with Gasteiger partial charge in [0.15, 0.2) is 0 Å². The van der Waals surface area contributed by atoms with Gasteiger partial charge in [-0.15, -0.1) is 0 Å². The molecular formula is C54H33NO. The molecule has 260 valence electrons. The van der Waals surface area contributed by atoms with Gasteiger partial charge in [0, 0.05) is 27.2 Å². The van der Waals surface area contributed by atoms with Crippen LogP contribution in [-0.4, -0.2) is 4.57 Å². The van der Waals surface area contributed by atoms with Gasteiger partial charge in [-0.2, -0.15) is 0 Å². The minimum atomic E-state index is 0.910. The summed E-state index contributed by atoms with van der Waals surface area (Å²) >= 11 is 0. The van der Waals surface area contributed by atoms with Gasteiger partial charge in [0.25, 0.3) is 0 Å². The average Bonchev–Trinajstić information content (AvgIpc) is 3.81. The molecule has 2 aromatic heterocycles. The molecule has 0 radical (unpaired) electrons. The largest absolute Gasteiger partial charge is 0.456 e. The predicted octanol–water partition coefficient (Wildman–Crippen LogP) is 15.0. The molecule has 0 bridgehead atoms. The molecule has 0 saturated heterocycles. The van der Waals surface area contributed by atoms with E-state index in [9.17, 15) is 0 Å². The molecule has 0 fully saturated rings. The maximum Gasteiger partial charge on any atom is 0.135 e. The fourth-order valence-electron chi connectivity index (χ4n) is 9.18. The Morgan fingerprint density at radius 3 is 1.41 bits per heavy atom. The number of fused-ring (bicyclic) bond motifs is 14. The Morgan fingerprint density at radius 2 is 0.714 bits per heavy atom. The van der Waals surface area contributed by atoms with Crippen LogP contribution in [0.3, 0.4) is 0 Å². The van der Waals surface area contributed by atoms with Crippen LogP contribution in [0.5, 0.6) is 0 Å². The van der Waals surface area contributed by atoms with Crippen molar-refractivity contribution in [1.29, 1.82) is 0 Å². The van der Waals surface area contributed by atoms with Gasteiger partial charge in [-0.3, -0.25) is 0 Å². The van der Waals surface area contributed by atoms with Crippen LogP contribution < -0.4 is 0 Å². The quantitative estimate of drug-likeness (QED) is 0.178. The molecule has 1 aliphatic carbocycles. The van der Waals surface area contributed by atoms with Gasteiger partial charge in [0.05, 0.1) is 11.0 Å². The molecule has 9 aromatic carbocycles. The Labute approximate surface area is 324 Å². The summed E-state index contributed by atoms with van der Waals surface area (Å²) in [6.45, 7) is 0. The molecule has 2 heteroatoms. The van der Waals surface area contributed by atoms with Gasteiger partial charge >= 0.3 is 0 Å². The summed E-state index contributed by atoms with van der Waals surface area (Å²) in [7, 11) is 0. The molecule has 2 nitrogen and oxygen atoms in total. The third kappa shape index (κ3) is 4.63. The smallest absolute Gasteiger partial charge is 0.135 e. The molecule has 0 N–H and O–H groups in total. The molecule has 1 aliphatic rings. The van der Waals surface area contributed by atoms with E-state index < -0.39 is 0 Å². The Bertz CT molecular complexity index is 3360. The first-order valence-corrected chi connectivity index (χ1v) is 19.3. The highest BCUT2D eigenvalue weighted by Gasteiger charge is 2.23. The normalized spacial score (nSPS) is 11.9. The summed E-state index contributed by atoms with van der Waals surface area (Å²) in [4.78, 5) is 0. The second-order valence-electron chi connectivity index (χ2n) is 14.8. The van der Waals surface area contributed by atoms with E-state index in [-0.39, 0.29) is 0 Å². The topological polar surface area (TPSA) is 18.1 Å². The number of hydrogen-bond acceptors (Lipinski definition) is 1. The van der Waals surface area contributed by atoms with E-state index in [1.807, 2.05) is 12.1 Å². The third-order valence-electron chi connectivity index (χ3n) is 11.8. The van der Waals surface area contributed by atoms with Crippen molar-refractivity contribution >= 4 is 43.7 Å². The van der Waals surface area contributed by atoms with Gasteiger partial charge in [-0.05, 0) is 127 Å². The number of nitrogens with zero attached hydrogens (tertiary/aromatic N) is 1. The van der Waals surface area contributed by atoms with Crippen molar-refractivity contribution in [3.05, 3.63) is 200 Å². The zero-order valence-electron chi connectivity index (χ0n) is 30.4. The first-order valence-electron chi connectivity index (χ1n) is 19.3. The molecule has 0 saturated carbocycles. The van der Waals surface area contributed by atoms with Crippen LogP contribution in [0.15, 0.2) is 205 Å². The maximum absolute atomic E-state index is 6.20. The van der Waals surface area contributed by atoms with Gasteiger partial charge in [-0.1, -0.05) is 140 Å². The van der Waals surface area contributed by atoms with Crippen LogP contribution >= 0.6 is 0 Å². The van der Waals surface area contributed by atoms with Crippen LogP contribution in [0.25, 0.3) is 116 Å². The number of furan rings is 1. The Morgan fingerprint density at radius 1 is 0.268 bits per heavy atom. The van der Waals surface area contributed by atoms with Crippen molar-refractivity contribution in [3.63, 3.8) is 0 Å². The zero-order chi connectivity index (χ0) is 36.7. The highest BCUT2D eigenvalue weighted by Crippen LogP contribution is 2.50. The number of rotatable bonds is 3. The molecular weight excluding hydrogens is 679 g/mol. The maximum atomic E-state index is 6.20. The van der Waals surface area contributed by atoms with Crippen LogP contribution in [-0.2, 0) is 0 Å². The van der Waals surface area contributed by atoms with Crippen molar-refractivity contribution in [3.8, 4) is 72.4 Å². The summed E-state index contributed by atoms with van der Waals surface area (Å²) < 4.78 is 8.57. The van der Waals surface area contributed by atoms with Gasteiger partial charge in [-0.25, -0.2) is 0 Å². The summed E-state index contributed by atoms with van der Waals surface area (Å²) in [5.74, 6) is 0. The van der Waals surface area contributed by atoms with Crippen molar-refractivity contribution in [2.75, 3.05) is 0 Å². The molecule has 0 spiro atoms. The van der Waals surface area contributed by atoms with E-state index >= 15 is 0 Å². The van der Waals surface area contributed by atoms with Gasteiger partial charge in [0.1, 0.15) is 11.2 Å². The number of para-hydroxylation sites is 3. The fraction of sp³-hybridized carbons (Fsp3) is 0. The predicted molar refractivity (Wildman–Crippen MR) is 234 cm³/mol. The molecule has 0 aliphatic heterocycles. The summed E-state index contributed by atoms with van der Waals surface area (Å²) in [6.07, 6.45) is 0. The average molecular weight is 712 g/mol. The minimum absolute atomic E-state index is 0.910. The highest BCUT2D eigenvalue weighted by molar-refractivity contribution is 6.11. The standard InChI is InChI=1S/C54H33NO/c1-2-12-38(13-3-1)55-51-20-10-8-18-45(51)49-32-36(24-28-52(49)55)34-23-27-44-47(30-34)42-17-7-6-15-40(42)39-14-4-5-16-41(39)43-26-22-35(31-48(43)44)37-25-29-54-50(33-37)46-19-9-11-21-53(46)56-54/h1-33H. The number of hydrogen-bond donors (Lipinski definition) is 0. The molecule has 56 heavy (non-hydrogen) atoms. The Balaban J connectivity index is 1.08. The van der Waals surface area contributed by atoms with E-state index in [4.69, 9.17) is 4.42 Å². The van der Waals surface area contributed by atoms with Crippen molar-refractivity contribution in [1.82, 2.24) is 4.57 Å². The number of aromatic nitrogens is 1. The second-order valence-corrected chi connectivity index (χ2v) is 14.8. The van der Waals surface area contributed by atoms with E-state index in [2.05, 4.69) is 193 Å². The van der Waals surface area contributed by atoms with E-state index in [1.165, 1.54) is 94.3 Å². The second kappa shape index (κ2) is 12.0. The first-order chi connectivity index (χ1) is 27.8. The van der Waals surface area contributed by atoms with Crippen LogP contribution in [0.1, 0.15) is 0 Å². The fourth-order valence-corrected chi connectivity index (χ4v) is 9.18. The monoisotopic (exact) mass is 711 g/mol. The van der Waals surface area contributed by atoms with Crippen molar-refractivity contribution < 1.29 is 4.42 Å². The SMILES string of the molecule is c1ccc(-n2c3ccccc3c3cc(-c4ccc5c(c4)-c4ccccc4-c4ccccc4-c4ccc(-c6ccc7oc8ccccc8c7c6)cc4-5)ccc32)cc1. The van der Waals surface area contributed by atoms with Crippen LogP contribution in [0.4, 0.5) is 0 Å². The highest BCUT2D eigenvalue weighted by atomic mass is 16.3. The lowest BCUT2D eigenvalue weighted by atomic mass is 9.79. The van der Waals surface area contributed by atoms with Gasteiger partial charge < -0.3 is 8.98 Å². The zero-order valence-corrected chi connectivity index (χ0v) is 30.4. The Kier molecular flexibility index (Phi) is 6.66. The lowest BCUT2D eigenvalue weighted by Crippen LogP contribution is -1.98. The van der Waals surface area contributed by atoms with Crippen molar-refractivity contribution in [2.45, 2.75) is 0 Å². The van der Waals surface area contributed by atoms with E-state index in [0.717, 1.165) is 21.9 Å². The minimum Gasteiger partial charge on any atom is -0.456 e. The summed E-state index contributed by atoms with van der Waals surface area (Å²) in [5, 5.41) is 4.78. The summed E-state index contributed by atoms with van der Waals surface area (Å²) in [5.41, 5.74) is 20.0. The molecule has 11 aromatic rings. The third-order valence-corrected chi connectivity index (χ3v) is 11.8. The first kappa shape index (κ1) is 31.0. The molecule has 0 amide bonds. The van der Waals surface area contributed by atoms with E-state index in [0.29, 0.717) is 0 Å². The van der Waals surface area contributed by atoms with Crippen LogP contribution in [0, 0.1) is 0 Å². The molecule has 12 rings (SSSR count). The lowest BCUT2D eigenvalue weighted by molar-refractivity contribution is 0.669. The Hall–Kier alpha value is -7.42. The molecule has 0 atom stereocenters. The van der Waals surface area contributed by atoms with Crippen LogP contribution in [0.2, 0.25) is 0 Å². The molecule has 0 unspecified atom stereocenters. The number of benzene rings is 9. The van der Waals surface area contributed by atoms with Crippen molar-refractivity contribution in [2.24, 2.45) is 0 Å². The lowest BCUT2D eigenvalue weighted by Gasteiger charge is -2.24. The van der Waals surface area contributed by atoms with Gasteiger partial charge in [0.2, 0.25) is 0 Å². The van der Waals surface area contributed by atoms with E-state index in [1.54, 1.807) is 0 Å². The summed E-state index contributed by atoms with van der Waals surface area (Å²) in [6, 6.07) is 73.1. The molecule has 2 heterocycles.